The molecule has 3 heterocycles. The number of hydrogen-bond donors (Lipinski definition) is 2. The summed E-state index contributed by atoms with van der Waals surface area (Å²) in [6.07, 6.45) is 1.48. The minimum absolute atomic E-state index is 0.0900. The fourth-order valence-corrected chi connectivity index (χ4v) is 2.84. The molecular weight excluding hydrogens is 380 g/mol. The van der Waals surface area contributed by atoms with Gasteiger partial charge in [-0.1, -0.05) is 23.2 Å². The number of aryl methyl sites for hydroxylation is 1. The lowest BCUT2D eigenvalue weighted by molar-refractivity contribution is 0.135. The SMILES string of the molecule is Cc1cc2ncnc(Nc3ccc(Cl)c(Cl)c3F)c2nc1OC1CNC1. The van der Waals surface area contributed by atoms with Crippen molar-refractivity contribution in [1.82, 2.24) is 20.3 Å². The van der Waals surface area contributed by atoms with Crippen LogP contribution in [0.4, 0.5) is 15.9 Å². The van der Waals surface area contributed by atoms with Gasteiger partial charge in [-0.2, -0.15) is 0 Å². The van der Waals surface area contributed by atoms with Crippen molar-refractivity contribution in [3.63, 3.8) is 0 Å². The van der Waals surface area contributed by atoms with E-state index in [1.807, 2.05) is 13.0 Å². The third kappa shape index (κ3) is 3.13. The Labute approximate surface area is 158 Å². The summed E-state index contributed by atoms with van der Waals surface area (Å²) in [5.41, 5.74) is 2.12. The summed E-state index contributed by atoms with van der Waals surface area (Å²) in [4.78, 5) is 13.0. The molecule has 0 amide bonds. The first kappa shape index (κ1) is 17.2. The van der Waals surface area contributed by atoms with E-state index in [1.165, 1.54) is 18.5 Å². The molecule has 0 radical (unpaired) electrons. The molecule has 9 heteroatoms. The minimum atomic E-state index is -0.657. The van der Waals surface area contributed by atoms with Crippen LogP contribution in [0.1, 0.15) is 5.56 Å². The second kappa shape index (κ2) is 6.83. The monoisotopic (exact) mass is 393 g/mol. The van der Waals surface area contributed by atoms with Gasteiger partial charge in [-0.15, -0.1) is 0 Å². The fraction of sp³-hybridized carbons (Fsp3) is 0.235. The van der Waals surface area contributed by atoms with Crippen LogP contribution < -0.4 is 15.4 Å². The van der Waals surface area contributed by atoms with Crippen molar-refractivity contribution in [2.75, 3.05) is 18.4 Å². The molecule has 1 fully saturated rings. The molecule has 4 rings (SSSR count). The van der Waals surface area contributed by atoms with Crippen molar-refractivity contribution >= 4 is 45.7 Å². The number of benzene rings is 1. The van der Waals surface area contributed by atoms with E-state index < -0.39 is 5.82 Å². The number of hydrogen-bond acceptors (Lipinski definition) is 6. The van der Waals surface area contributed by atoms with Crippen LogP contribution in [0.3, 0.4) is 0 Å². The molecule has 0 spiro atoms. The van der Waals surface area contributed by atoms with Crippen molar-refractivity contribution in [1.29, 1.82) is 0 Å². The molecule has 0 unspecified atom stereocenters. The topological polar surface area (TPSA) is 72.0 Å². The lowest BCUT2D eigenvalue weighted by Gasteiger charge is -2.27. The van der Waals surface area contributed by atoms with Gasteiger partial charge in [0.15, 0.2) is 11.6 Å². The molecule has 0 atom stereocenters. The van der Waals surface area contributed by atoms with E-state index in [-0.39, 0.29) is 21.8 Å². The molecule has 1 aromatic carbocycles. The quantitative estimate of drug-likeness (QED) is 0.655. The lowest BCUT2D eigenvalue weighted by atomic mass is 10.2. The zero-order valence-corrected chi connectivity index (χ0v) is 15.2. The average Bonchev–Trinajstić information content (AvgIpc) is 2.59. The molecule has 0 aliphatic carbocycles. The van der Waals surface area contributed by atoms with Gasteiger partial charge in [-0.05, 0) is 25.1 Å². The first-order valence-electron chi connectivity index (χ1n) is 7.93. The molecule has 1 aliphatic rings. The van der Waals surface area contributed by atoms with E-state index in [0.29, 0.717) is 22.7 Å². The van der Waals surface area contributed by atoms with Gasteiger partial charge in [-0.3, -0.25) is 0 Å². The summed E-state index contributed by atoms with van der Waals surface area (Å²) in [6.45, 7) is 3.47. The second-order valence-corrected chi connectivity index (χ2v) is 6.73. The molecule has 2 N–H and O–H groups in total. The second-order valence-electron chi connectivity index (χ2n) is 5.95. The number of anilines is 2. The number of aromatic nitrogens is 3. The standard InChI is InChI=1S/C17H14Cl2FN5O/c1-8-4-12-15(25-17(8)26-9-5-21-6-9)16(23-7-22-12)24-11-3-2-10(18)13(19)14(11)20/h2-4,7,9,21H,5-6H2,1H3,(H,22,23,24). The highest BCUT2D eigenvalue weighted by Gasteiger charge is 2.21. The Morgan fingerprint density at radius 2 is 2.08 bits per heavy atom. The van der Waals surface area contributed by atoms with Crippen molar-refractivity contribution in [3.05, 3.63) is 46.0 Å². The summed E-state index contributed by atoms with van der Waals surface area (Å²) in [7, 11) is 0. The summed E-state index contributed by atoms with van der Waals surface area (Å²) in [5, 5.41) is 6.04. The third-order valence-electron chi connectivity index (χ3n) is 4.07. The van der Waals surface area contributed by atoms with E-state index in [2.05, 4.69) is 25.6 Å². The molecular formula is C17H14Cl2FN5O. The Morgan fingerprint density at radius 1 is 1.27 bits per heavy atom. The van der Waals surface area contributed by atoms with Gasteiger partial charge in [0.2, 0.25) is 5.88 Å². The Morgan fingerprint density at radius 3 is 2.81 bits per heavy atom. The highest BCUT2D eigenvalue weighted by atomic mass is 35.5. The third-order valence-corrected chi connectivity index (χ3v) is 4.85. The largest absolute Gasteiger partial charge is 0.471 e. The molecule has 0 saturated carbocycles. The van der Waals surface area contributed by atoms with Crippen LogP contribution in [0.15, 0.2) is 24.5 Å². The van der Waals surface area contributed by atoms with E-state index in [9.17, 15) is 4.39 Å². The summed E-state index contributed by atoms with van der Waals surface area (Å²) < 4.78 is 20.2. The van der Waals surface area contributed by atoms with E-state index in [1.54, 1.807) is 0 Å². The van der Waals surface area contributed by atoms with Crippen molar-refractivity contribution < 1.29 is 9.13 Å². The van der Waals surface area contributed by atoms with Gasteiger partial charge in [-0.25, -0.2) is 19.3 Å². The van der Waals surface area contributed by atoms with E-state index in [4.69, 9.17) is 27.9 Å². The number of rotatable bonds is 4. The molecule has 2 aromatic heterocycles. The normalized spacial score (nSPS) is 14.3. The molecule has 134 valence electrons. The van der Waals surface area contributed by atoms with Crippen LogP contribution >= 0.6 is 23.2 Å². The van der Waals surface area contributed by atoms with Crippen molar-refractivity contribution in [2.24, 2.45) is 0 Å². The molecule has 26 heavy (non-hydrogen) atoms. The van der Waals surface area contributed by atoms with Crippen molar-refractivity contribution in [2.45, 2.75) is 13.0 Å². The van der Waals surface area contributed by atoms with Crippen molar-refractivity contribution in [3.8, 4) is 5.88 Å². The highest BCUT2D eigenvalue weighted by molar-refractivity contribution is 6.42. The van der Waals surface area contributed by atoms with Crippen LogP contribution in [0, 0.1) is 12.7 Å². The number of ether oxygens (including phenoxy) is 1. The maximum atomic E-state index is 14.3. The van der Waals surface area contributed by atoms with Gasteiger partial charge >= 0.3 is 0 Å². The van der Waals surface area contributed by atoms with Crippen LogP contribution in [-0.4, -0.2) is 34.1 Å². The Hall–Kier alpha value is -2.22. The summed E-state index contributed by atoms with van der Waals surface area (Å²) >= 11 is 11.7. The smallest absolute Gasteiger partial charge is 0.217 e. The summed E-state index contributed by atoms with van der Waals surface area (Å²) in [5.74, 6) is 0.204. The van der Waals surface area contributed by atoms with Crippen LogP contribution in [-0.2, 0) is 0 Å². The molecule has 1 saturated heterocycles. The lowest BCUT2D eigenvalue weighted by Crippen LogP contribution is -2.50. The maximum Gasteiger partial charge on any atom is 0.217 e. The van der Waals surface area contributed by atoms with E-state index >= 15 is 0 Å². The first-order valence-corrected chi connectivity index (χ1v) is 8.69. The molecule has 6 nitrogen and oxygen atoms in total. The predicted molar refractivity (Wildman–Crippen MR) is 99.1 cm³/mol. The zero-order valence-electron chi connectivity index (χ0n) is 13.7. The van der Waals surface area contributed by atoms with Gasteiger partial charge in [0.1, 0.15) is 17.9 Å². The minimum Gasteiger partial charge on any atom is -0.471 e. The number of fused-ring (bicyclic) bond motifs is 1. The Bertz CT molecular complexity index is 997. The fourth-order valence-electron chi connectivity index (χ4n) is 2.53. The Kier molecular flexibility index (Phi) is 4.52. The van der Waals surface area contributed by atoms with Crippen LogP contribution in [0.2, 0.25) is 10.0 Å². The van der Waals surface area contributed by atoms with Gasteiger partial charge in [0, 0.05) is 18.7 Å². The summed E-state index contributed by atoms with van der Waals surface area (Å²) in [6, 6.07) is 4.86. The molecule has 3 aromatic rings. The number of nitrogens with zero attached hydrogens (tertiary/aromatic N) is 3. The van der Waals surface area contributed by atoms with E-state index in [0.717, 1.165) is 18.7 Å². The zero-order chi connectivity index (χ0) is 18.3. The number of halogens is 3. The highest BCUT2D eigenvalue weighted by Crippen LogP contribution is 2.33. The van der Waals surface area contributed by atoms with Gasteiger partial charge in [0.05, 0.1) is 21.2 Å². The van der Waals surface area contributed by atoms with Crippen LogP contribution in [0.5, 0.6) is 5.88 Å². The Balaban J connectivity index is 1.74. The van der Waals surface area contributed by atoms with Gasteiger partial charge in [0.25, 0.3) is 0 Å². The average molecular weight is 394 g/mol. The molecule has 1 aliphatic heterocycles. The first-order chi connectivity index (χ1) is 12.5. The maximum absolute atomic E-state index is 14.3. The van der Waals surface area contributed by atoms with Gasteiger partial charge < -0.3 is 15.4 Å². The predicted octanol–water partition coefficient (Wildman–Crippen LogP) is 3.87. The number of nitrogens with one attached hydrogen (secondary N) is 2. The van der Waals surface area contributed by atoms with Crippen LogP contribution in [0.25, 0.3) is 11.0 Å². The molecule has 0 bridgehead atoms. The number of pyridine rings is 1.